The molecule has 0 radical (unpaired) electrons. The van der Waals surface area contributed by atoms with Crippen molar-refractivity contribution in [1.29, 1.82) is 0 Å². The van der Waals surface area contributed by atoms with Gasteiger partial charge >= 0.3 is 5.97 Å². The zero-order chi connectivity index (χ0) is 14.8. The molecule has 0 bridgehead atoms. The van der Waals surface area contributed by atoms with E-state index in [1.54, 1.807) is 0 Å². The molecule has 1 amide bonds. The molecule has 0 aliphatic heterocycles. The Morgan fingerprint density at radius 1 is 1.10 bits per heavy atom. The minimum Gasteiger partial charge on any atom is -0.466 e. The summed E-state index contributed by atoms with van der Waals surface area (Å²) in [5.41, 5.74) is 0. The van der Waals surface area contributed by atoms with Gasteiger partial charge in [-0.1, -0.05) is 19.3 Å². The highest BCUT2D eigenvalue weighted by Gasteiger charge is 2.47. The topological polar surface area (TPSA) is 46.6 Å². The summed E-state index contributed by atoms with van der Waals surface area (Å²) in [6.07, 6.45) is 9.11. The Morgan fingerprint density at radius 3 is 2.43 bits per heavy atom. The minimum absolute atomic E-state index is 0.0445. The largest absolute Gasteiger partial charge is 0.466 e. The van der Waals surface area contributed by atoms with E-state index in [9.17, 15) is 9.59 Å². The van der Waals surface area contributed by atoms with E-state index in [1.807, 2.05) is 6.92 Å². The molecule has 3 saturated carbocycles. The molecule has 4 nitrogen and oxygen atoms in total. The SMILES string of the molecule is CCOC(=O)C1CC1CN(C(=O)C1CC1)C1CCCCC1. The predicted molar refractivity (Wildman–Crippen MR) is 79.5 cm³/mol. The van der Waals surface area contributed by atoms with Crippen molar-refractivity contribution in [2.45, 2.75) is 64.3 Å². The summed E-state index contributed by atoms with van der Waals surface area (Å²) in [6.45, 7) is 3.08. The van der Waals surface area contributed by atoms with Crippen LogP contribution in [-0.2, 0) is 14.3 Å². The van der Waals surface area contributed by atoms with Crippen LogP contribution in [0.1, 0.15) is 58.3 Å². The van der Waals surface area contributed by atoms with Crippen molar-refractivity contribution < 1.29 is 14.3 Å². The molecule has 0 aromatic carbocycles. The first-order valence-corrected chi connectivity index (χ1v) is 8.67. The molecular weight excluding hydrogens is 266 g/mol. The van der Waals surface area contributed by atoms with Gasteiger partial charge in [-0.15, -0.1) is 0 Å². The molecule has 4 heteroatoms. The number of hydrogen-bond acceptors (Lipinski definition) is 3. The Morgan fingerprint density at radius 2 is 1.81 bits per heavy atom. The summed E-state index contributed by atoms with van der Waals surface area (Å²) in [5, 5.41) is 0. The normalized spacial score (nSPS) is 29.0. The molecule has 0 saturated heterocycles. The number of nitrogens with zero attached hydrogens (tertiary/aromatic N) is 1. The quantitative estimate of drug-likeness (QED) is 0.707. The maximum atomic E-state index is 12.6. The molecule has 2 unspecified atom stereocenters. The molecule has 118 valence electrons. The third-order valence-electron chi connectivity index (χ3n) is 5.17. The van der Waals surface area contributed by atoms with E-state index in [0.717, 1.165) is 38.6 Å². The lowest BCUT2D eigenvalue weighted by atomic mass is 9.93. The Bertz CT molecular complexity index is 399. The number of rotatable bonds is 6. The molecule has 21 heavy (non-hydrogen) atoms. The van der Waals surface area contributed by atoms with E-state index in [4.69, 9.17) is 4.74 Å². The van der Waals surface area contributed by atoms with Crippen LogP contribution < -0.4 is 0 Å². The lowest BCUT2D eigenvalue weighted by molar-refractivity contribution is -0.145. The Balaban J connectivity index is 1.57. The summed E-state index contributed by atoms with van der Waals surface area (Å²) in [5.74, 6) is 0.963. The molecule has 0 aromatic heterocycles. The molecular formula is C17H27NO3. The van der Waals surface area contributed by atoms with Gasteiger partial charge in [-0.3, -0.25) is 9.59 Å². The summed E-state index contributed by atoms with van der Waals surface area (Å²) in [7, 11) is 0. The first-order chi connectivity index (χ1) is 10.2. The second kappa shape index (κ2) is 6.37. The molecule has 2 atom stereocenters. The van der Waals surface area contributed by atoms with Crippen LogP contribution in [0.2, 0.25) is 0 Å². The van der Waals surface area contributed by atoms with Gasteiger partial charge in [0.2, 0.25) is 5.91 Å². The average Bonchev–Trinajstić information content (AvgIpc) is 3.39. The summed E-state index contributed by atoms with van der Waals surface area (Å²) in [4.78, 5) is 26.5. The van der Waals surface area contributed by atoms with E-state index in [2.05, 4.69) is 4.90 Å². The van der Waals surface area contributed by atoms with E-state index in [0.29, 0.717) is 24.5 Å². The van der Waals surface area contributed by atoms with Gasteiger partial charge in [-0.2, -0.15) is 0 Å². The molecule has 0 heterocycles. The molecule has 3 rings (SSSR count). The van der Waals surface area contributed by atoms with Crippen LogP contribution in [0, 0.1) is 17.8 Å². The van der Waals surface area contributed by atoms with Gasteiger partial charge in [0.1, 0.15) is 0 Å². The molecule has 0 spiro atoms. The van der Waals surface area contributed by atoms with Gasteiger partial charge in [0.25, 0.3) is 0 Å². The maximum Gasteiger partial charge on any atom is 0.309 e. The highest BCUT2D eigenvalue weighted by atomic mass is 16.5. The third kappa shape index (κ3) is 3.58. The fourth-order valence-corrected chi connectivity index (χ4v) is 3.62. The molecule has 0 N–H and O–H groups in total. The van der Waals surface area contributed by atoms with Crippen LogP contribution in [-0.4, -0.2) is 36.0 Å². The zero-order valence-electron chi connectivity index (χ0n) is 13.1. The molecule has 3 aliphatic rings. The van der Waals surface area contributed by atoms with Crippen molar-refractivity contribution in [1.82, 2.24) is 4.90 Å². The first-order valence-electron chi connectivity index (χ1n) is 8.67. The van der Waals surface area contributed by atoms with E-state index in [-0.39, 0.29) is 17.8 Å². The number of amides is 1. The fourth-order valence-electron chi connectivity index (χ4n) is 3.62. The van der Waals surface area contributed by atoms with Gasteiger partial charge in [0.15, 0.2) is 0 Å². The van der Waals surface area contributed by atoms with Crippen LogP contribution >= 0.6 is 0 Å². The summed E-state index contributed by atoms with van der Waals surface area (Å²) >= 11 is 0. The van der Waals surface area contributed by atoms with Crippen molar-refractivity contribution in [3.63, 3.8) is 0 Å². The molecule has 0 aromatic rings. The van der Waals surface area contributed by atoms with Crippen LogP contribution in [0.15, 0.2) is 0 Å². The number of esters is 1. The van der Waals surface area contributed by atoms with Gasteiger partial charge in [0.05, 0.1) is 12.5 Å². The van der Waals surface area contributed by atoms with Crippen molar-refractivity contribution in [2.24, 2.45) is 17.8 Å². The number of hydrogen-bond donors (Lipinski definition) is 0. The second-order valence-corrected chi connectivity index (χ2v) is 6.91. The van der Waals surface area contributed by atoms with E-state index < -0.39 is 0 Å². The average molecular weight is 293 g/mol. The minimum atomic E-state index is -0.0648. The lowest BCUT2D eigenvalue weighted by Gasteiger charge is -2.35. The monoisotopic (exact) mass is 293 g/mol. The second-order valence-electron chi connectivity index (χ2n) is 6.91. The van der Waals surface area contributed by atoms with Crippen LogP contribution in [0.3, 0.4) is 0 Å². The summed E-state index contributed by atoms with van der Waals surface area (Å²) in [6, 6.07) is 0.426. The molecule has 3 aliphatic carbocycles. The highest BCUT2D eigenvalue weighted by Crippen LogP contribution is 2.42. The number of carbonyl (C=O) groups is 2. The smallest absolute Gasteiger partial charge is 0.309 e. The highest BCUT2D eigenvalue weighted by molar-refractivity contribution is 5.82. The van der Waals surface area contributed by atoms with Crippen LogP contribution in [0.25, 0.3) is 0 Å². The zero-order valence-corrected chi connectivity index (χ0v) is 13.1. The van der Waals surface area contributed by atoms with Gasteiger partial charge in [-0.25, -0.2) is 0 Å². The summed E-state index contributed by atoms with van der Waals surface area (Å²) < 4.78 is 5.10. The van der Waals surface area contributed by atoms with Crippen molar-refractivity contribution in [3.8, 4) is 0 Å². The van der Waals surface area contributed by atoms with Crippen molar-refractivity contribution in [3.05, 3.63) is 0 Å². The Labute approximate surface area is 127 Å². The van der Waals surface area contributed by atoms with Crippen LogP contribution in [0.5, 0.6) is 0 Å². The Kier molecular flexibility index (Phi) is 4.51. The number of carbonyl (C=O) groups excluding carboxylic acids is 2. The standard InChI is InChI=1S/C17H27NO3/c1-2-21-17(20)15-10-13(15)11-18(16(19)12-8-9-12)14-6-4-3-5-7-14/h12-15H,2-11H2,1H3. The lowest BCUT2D eigenvalue weighted by Crippen LogP contribution is -2.43. The van der Waals surface area contributed by atoms with Crippen molar-refractivity contribution >= 4 is 11.9 Å². The van der Waals surface area contributed by atoms with Crippen LogP contribution in [0.4, 0.5) is 0 Å². The third-order valence-corrected chi connectivity index (χ3v) is 5.17. The fraction of sp³-hybridized carbons (Fsp3) is 0.882. The van der Waals surface area contributed by atoms with Crippen molar-refractivity contribution in [2.75, 3.05) is 13.2 Å². The number of ether oxygens (including phenoxy) is 1. The van der Waals surface area contributed by atoms with Gasteiger partial charge in [0, 0.05) is 18.5 Å². The van der Waals surface area contributed by atoms with E-state index >= 15 is 0 Å². The molecule has 3 fully saturated rings. The van der Waals surface area contributed by atoms with E-state index in [1.165, 1.54) is 19.3 Å². The van der Waals surface area contributed by atoms with Gasteiger partial charge < -0.3 is 9.64 Å². The maximum absolute atomic E-state index is 12.6. The first kappa shape index (κ1) is 14.9. The Hall–Kier alpha value is -1.06. The predicted octanol–water partition coefficient (Wildman–Crippen LogP) is 2.76. The van der Waals surface area contributed by atoms with Gasteiger partial charge in [-0.05, 0) is 44.9 Å².